The number of hydrogen-bond donors (Lipinski definition) is 0. The Kier molecular flexibility index (Phi) is 3.88. The molecule has 1 aliphatic heterocycles. The van der Waals surface area contributed by atoms with Gasteiger partial charge in [-0.15, -0.1) is 20.4 Å². The molecule has 0 spiro atoms. The molecule has 1 atom stereocenters. The molecular weight excluding hydrogens is 330 g/mol. The van der Waals surface area contributed by atoms with Crippen molar-refractivity contribution in [2.75, 3.05) is 29.4 Å². The van der Waals surface area contributed by atoms with Gasteiger partial charge in [-0.2, -0.15) is 14.9 Å². The Morgan fingerprint density at radius 2 is 2.00 bits per heavy atom. The molecule has 3 aromatic heterocycles. The first kappa shape index (κ1) is 16.2. The molecule has 9 heteroatoms. The minimum atomic E-state index is 0.208. The number of hydrogen-bond acceptors (Lipinski definition) is 8. The Morgan fingerprint density at radius 3 is 2.77 bits per heavy atom. The van der Waals surface area contributed by atoms with E-state index in [4.69, 9.17) is 0 Å². The highest BCUT2D eigenvalue weighted by Crippen LogP contribution is 2.25. The molecule has 0 bridgehead atoms. The number of aromatic nitrogens is 6. The molecule has 0 aliphatic carbocycles. The second-order valence-electron chi connectivity index (χ2n) is 6.53. The van der Waals surface area contributed by atoms with E-state index >= 15 is 0 Å². The number of rotatable bonds is 2. The Bertz CT molecular complexity index is 1000. The van der Waals surface area contributed by atoms with Crippen LogP contribution in [0.3, 0.4) is 0 Å². The summed E-state index contributed by atoms with van der Waals surface area (Å²) in [6.45, 7) is 8.21. The van der Waals surface area contributed by atoms with Crippen molar-refractivity contribution in [3.8, 4) is 6.07 Å². The summed E-state index contributed by atoms with van der Waals surface area (Å²) in [6.07, 6.45) is 1.60. The monoisotopic (exact) mass is 349 g/mol. The average Bonchev–Trinajstić information content (AvgIpc) is 3.11. The lowest BCUT2D eigenvalue weighted by Crippen LogP contribution is -2.53. The van der Waals surface area contributed by atoms with Crippen molar-refractivity contribution in [1.82, 2.24) is 30.0 Å². The summed E-state index contributed by atoms with van der Waals surface area (Å²) in [4.78, 5) is 4.38. The van der Waals surface area contributed by atoms with Crippen molar-refractivity contribution >= 4 is 17.3 Å². The highest BCUT2D eigenvalue weighted by molar-refractivity contribution is 5.59. The van der Waals surface area contributed by atoms with Crippen LogP contribution >= 0.6 is 0 Å². The van der Waals surface area contributed by atoms with Gasteiger partial charge >= 0.3 is 0 Å². The highest BCUT2D eigenvalue weighted by Gasteiger charge is 2.28. The summed E-state index contributed by atoms with van der Waals surface area (Å²) in [5.74, 6) is 1.56. The quantitative estimate of drug-likeness (QED) is 0.678. The number of nitriles is 1. The van der Waals surface area contributed by atoms with Gasteiger partial charge in [0.25, 0.3) is 0 Å². The van der Waals surface area contributed by atoms with E-state index in [2.05, 4.69) is 48.3 Å². The van der Waals surface area contributed by atoms with E-state index in [1.165, 1.54) is 0 Å². The maximum absolute atomic E-state index is 9.55. The van der Waals surface area contributed by atoms with Gasteiger partial charge in [-0.1, -0.05) is 0 Å². The first-order valence-corrected chi connectivity index (χ1v) is 8.51. The summed E-state index contributed by atoms with van der Waals surface area (Å²) in [5.41, 5.74) is 3.03. The van der Waals surface area contributed by atoms with Crippen molar-refractivity contribution < 1.29 is 0 Å². The number of nitrogens with zero attached hydrogens (tertiary/aromatic N) is 9. The summed E-state index contributed by atoms with van der Waals surface area (Å²) in [6, 6.07) is 6.38. The van der Waals surface area contributed by atoms with Crippen LogP contribution in [-0.4, -0.2) is 55.7 Å². The summed E-state index contributed by atoms with van der Waals surface area (Å²) >= 11 is 0. The fourth-order valence-electron chi connectivity index (χ4n) is 3.31. The van der Waals surface area contributed by atoms with Gasteiger partial charge in [0.1, 0.15) is 23.8 Å². The maximum Gasteiger partial charge on any atom is 0.177 e. The van der Waals surface area contributed by atoms with Gasteiger partial charge in [-0.25, -0.2) is 0 Å². The molecular formula is C17H19N9. The zero-order chi connectivity index (χ0) is 18.3. The van der Waals surface area contributed by atoms with Gasteiger partial charge in [0.05, 0.1) is 5.69 Å². The Hall–Kier alpha value is -3.28. The largest absolute Gasteiger partial charge is 0.350 e. The zero-order valence-electron chi connectivity index (χ0n) is 15.0. The van der Waals surface area contributed by atoms with Crippen LogP contribution in [0, 0.1) is 25.2 Å². The standard InChI is InChI=1S/C17H19N9/c1-11-9-24(17-14(8-18)12(2)13(3)20-22-17)6-7-25(11)16-5-4-15-21-19-10-26(15)23-16/h4-5,10-11H,6-7,9H2,1-3H3/t11-/m0/s1. The summed E-state index contributed by atoms with van der Waals surface area (Å²) in [5, 5.41) is 30.5. The predicted molar refractivity (Wildman–Crippen MR) is 96.0 cm³/mol. The smallest absolute Gasteiger partial charge is 0.177 e. The first-order valence-electron chi connectivity index (χ1n) is 8.51. The minimum absolute atomic E-state index is 0.208. The van der Waals surface area contributed by atoms with Crippen LogP contribution in [0.1, 0.15) is 23.7 Å². The molecule has 132 valence electrons. The van der Waals surface area contributed by atoms with E-state index in [0.717, 1.165) is 42.4 Å². The molecule has 0 amide bonds. The summed E-state index contributed by atoms with van der Waals surface area (Å²) < 4.78 is 1.68. The van der Waals surface area contributed by atoms with E-state index in [-0.39, 0.29) is 6.04 Å². The molecule has 0 aromatic carbocycles. The number of piperazine rings is 1. The van der Waals surface area contributed by atoms with Crippen LogP contribution in [0.2, 0.25) is 0 Å². The molecule has 1 aliphatic rings. The van der Waals surface area contributed by atoms with Crippen molar-refractivity contribution in [2.24, 2.45) is 0 Å². The van der Waals surface area contributed by atoms with Crippen molar-refractivity contribution in [1.29, 1.82) is 5.26 Å². The average molecular weight is 349 g/mol. The molecule has 1 saturated heterocycles. The number of fused-ring (bicyclic) bond motifs is 1. The third kappa shape index (κ3) is 2.60. The molecule has 0 N–H and O–H groups in total. The molecule has 4 heterocycles. The van der Waals surface area contributed by atoms with Crippen LogP contribution in [0.4, 0.5) is 11.6 Å². The third-order valence-corrected chi connectivity index (χ3v) is 4.92. The lowest BCUT2D eigenvalue weighted by Gasteiger charge is -2.41. The fourth-order valence-corrected chi connectivity index (χ4v) is 3.31. The van der Waals surface area contributed by atoms with Gasteiger partial charge in [-0.3, -0.25) is 0 Å². The van der Waals surface area contributed by atoms with Crippen LogP contribution in [-0.2, 0) is 0 Å². The number of aryl methyl sites for hydroxylation is 1. The van der Waals surface area contributed by atoms with E-state index in [1.807, 2.05) is 26.0 Å². The van der Waals surface area contributed by atoms with E-state index < -0.39 is 0 Å². The summed E-state index contributed by atoms with van der Waals surface area (Å²) in [7, 11) is 0. The Morgan fingerprint density at radius 1 is 1.15 bits per heavy atom. The predicted octanol–water partition coefficient (Wildman–Crippen LogP) is 1.12. The van der Waals surface area contributed by atoms with Crippen LogP contribution in [0.15, 0.2) is 18.5 Å². The molecule has 1 fully saturated rings. The lowest BCUT2D eigenvalue weighted by atomic mass is 10.1. The molecule has 0 unspecified atom stereocenters. The Labute approximate surface area is 150 Å². The van der Waals surface area contributed by atoms with E-state index in [9.17, 15) is 5.26 Å². The normalized spacial score (nSPS) is 17.5. The van der Waals surface area contributed by atoms with Gasteiger partial charge < -0.3 is 9.80 Å². The van der Waals surface area contributed by atoms with Crippen LogP contribution in [0.5, 0.6) is 0 Å². The van der Waals surface area contributed by atoms with E-state index in [0.29, 0.717) is 11.4 Å². The van der Waals surface area contributed by atoms with Crippen LogP contribution in [0.25, 0.3) is 5.65 Å². The SMILES string of the molecule is Cc1nnc(N2CCN(c3ccc4nncn4n3)[C@@H](C)C2)c(C#N)c1C. The van der Waals surface area contributed by atoms with Crippen molar-refractivity contribution in [2.45, 2.75) is 26.8 Å². The van der Waals surface area contributed by atoms with Gasteiger partial charge in [0, 0.05) is 25.7 Å². The number of anilines is 2. The molecule has 26 heavy (non-hydrogen) atoms. The zero-order valence-corrected chi connectivity index (χ0v) is 15.0. The molecule has 0 radical (unpaired) electrons. The highest BCUT2D eigenvalue weighted by atomic mass is 15.4. The lowest BCUT2D eigenvalue weighted by molar-refractivity contribution is 0.537. The second kappa shape index (κ2) is 6.22. The van der Waals surface area contributed by atoms with Gasteiger partial charge in [0.2, 0.25) is 0 Å². The van der Waals surface area contributed by atoms with Gasteiger partial charge in [0.15, 0.2) is 11.5 Å². The van der Waals surface area contributed by atoms with Crippen molar-refractivity contribution in [3.63, 3.8) is 0 Å². The van der Waals surface area contributed by atoms with Crippen molar-refractivity contribution in [3.05, 3.63) is 35.3 Å². The topological polar surface area (TPSA) is 99.1 Å². The molecule has 4 rings (SSSR count). The fraction of sp³-hybridized carbons (Fsp3) is 0.412. The first-order chi connectivity index (χ1) is 12.6. The van der Waals surface area contributed by atoms with Crippen LogP contribution < -0.4 is 9.80 Å². The molecule has 9 nitrogen and oxygen atoms in total. The minimum Gasteiger partial charge on any atom is -0.350 e. The van der Waals surface area contributed by atoms with Gasteiger partial charge in [-0.05, 0) is 38.5 Å². The molecule has 0 saturated carbocycles. The molecule has 3 aromatic rings. The maximum atomic E-state index is 9.55. The third-order valence-electron chi connectivity index (χ3n) is 4.92. The van der Waals surface area contributed by atoms with E-state index in [1.54, 1.807) is 10.8 Å². The second-order valence-corrected chi connectivity index (χ2v) is 6.53. The Balaban J connectivity index is 1.59.